The third-order valence-electron chi connectivity index (χ3n) is 4.35. The van der Waals surface area contributed by atoms with Crippen molar-refractivity contribution >= 4 is 5.69 Å². The van der Waals surface area contributed by atoms with Crippen molar-refractivity contribution in [3.63, 3.8) is 0 Å². The highest BCUT2D eigenvalue weighted by Crippen LogP contribution is 2.34. The molecule has 1 aliphatic rings. The van der Waals surface area contributed by atoms with Crippen LogP contribution >= 0.6 is 0 Å². The lowest BCUT2D eigenvalue weighted by Gasteiger charge is -2.40. The second kappa shape index (κ2) is 6.86. The predicted molar refractivity (Wildman–Crippen MR) is 78.9 cm³/mol. The van der Waals surface area contributed by atoms with Crippen molar-refractivity contribution in [1.29, 1.82) is 5.26 Å². The topological polar surface area (TPSA) is 53.0 Å². The molecule has 1 fully saturated rings. The van der Waals surface area contributed by atoms with Crippen LogP contribution in [0.3, 0.4) is 0 Å². The van der Waals surface area contributed by atoms with Gasteiger partial charge in [0.25, 0.3) is 0 Å². The minimum Gasteiger partial charge on any atom is -0.364 e. The monoisotopic (exact) mass is 293 g/mol. The van der Waals surface area contributed by atoms with E-state index in [1.54, 1.807) is 11.0 Å². The minimum absolute atomic E-state index is 0.00354. The zero-order valence-electron chi connectivity index (χ0n) is 12.3. The standard InChI is InChI=1S/C16H21F2N3/c1-2-21(15-6-4-3-5-12(15)10-20)16-13(17)7-11(9-19)8-14(16)18/h7-8,12,15H,2-6,10,20H2,1H3. The Balaban J connectivity index is 2.39. The van der Waals surface area contributed by atoms with Gasteiger partial charge < -0.3 is 10.6 Å². The summed E-state index contributed by atoms with van der Waals surface area (Å²) in [6.07, 6.45) is 4.07. The zero-order chi connectivity index (χ0) is 15.4. The van der Waals surface area contributed by atoms with Crippen LogP contribution in [0.1, 0.15) is 38.2 Å². The van der Waals surface area contributed by atoms with Gasteiger partial charge in [-0.25, -0.2) is 8.78 Å². The van der Waals surface area contributed by atoms with E-state index in [0.29, 0.717) is 13.1 Å². The summed E-state index contributed by atoms with van der Waals surface area (Å²) >= 11 is 0. The summed E-state index contributed by atoms with van der Waals surface area (Å²) in [5.41, 5.74) is 5.81. The highest BCUT2D eigenvalue weighted by atomic mass is 19.1. The number of anilines is 1. The molecule has 0 heterocycles. The molecule has 1 aliphatic carbocycles. The van der Waals surface area contributed by atoms with E-state index in [1.807, 2.05) is 6.92 Å². The first kappa shape index (κ1) is 15.7. The Hall–Kier alpha value is -1.67. The van der Waals surface area contributed by atoms with Gasteiger partial charge >= 0.3 is 0 Å². The Morgan fingerprint density at radius 1 is 1.29 bits per heavy atom. The van der Waals surface area contributed by atoms with Crippen LogP contribution in [0.25, 0.3) is 0 Å². The molecule has 0 aliphatic heterocycles. The van der Waals surface area contributed by atoms with Gasteiger partial charge in [0.2, 0.25) is 0 Å². The number of nitrogens with zero attached hydrogens (tertiary/aromatic N) is 2. The molecule has 0 amide bonds. The summed E-state index contributed by atoms with van der Waals surface area (Å²) in [5, 5.41) is 8.79. The Kier molecular flexibility index (Phi) is 5.13. The summed E-state index contributed by atoms with van der Waals surface area (Å²) in [6, 6.07) is 4.03. The third kappa shape index (κ3) is 3.16. The molecule has 2 atom stereocenters. The molecule has 0 saturated heterocycles. The van der Waals surface area contributed by atoms with E-state index in [1.165, 1.54) is 0 Å². The lowest BCUT2D eigenvalue weighted by atomic mass is 9.83. The van der Waals surface area contributed by atoms with Gasteiger partial charge in [0.15, 0.2) is 11.6 Å². The number of rotatable bonds is 4. The largest absolute Gasteiger partial charge is 0.364 e. The molecule has 0 bridgehead atoms. The van der Waals surface area contributed by atoms with Gasteiger partial charge in [-0.2, -0.15) is 5.26 Å². The number of nitriles is 1. The van der Waals surface area contributed by atoms with Crippen molar-refractivity contribution in [3.05, 3.63) is 29.3 Å². The van der Waals surface area contributed by atoms with Crippen molar-refractivity contribution < 1.29 is 8.78 Å². The number of hydrogen-bond donors (Lipinski definition) is 1. The molecule has 1 aromatic rings. The van der Waals surface area contributed by atoms with Crippen LogP contribution in [0.2, 0.25) is 0 Å². The molecule has 0 aromatic heterocycles. The van der Waals surface area contributed by atoms with Crippen LogP contribution < -0.4 is 10.6 Å². The van der Waals surface area contributed by atoms with Gasteiger partial charge in [-0.05, 0) is 44.4 Å². The summed E-state index contributed by atoms with van der Waals surface area (Å²) in [5.74, 6) is -1.09. The first-order valence-corrected chi connectivity index (χ1v) is 7.48. The minimum atomic E-state index is -0.672. The fourth-order valence-corrected chi connectivity index (χ4v) is 3.34. The van der Waals surface area contributed by atoms with E-state index in [2.05, 4.69) is 0 Å². The molecule has 2 N–H and O–H groups in total. The number of halogens is 2. The molecule has 2 unspecified atom stereocenters. The molecule has 114 valence electrons. The smallest absolute Gasteiger partial charge is 0.150 e. The average Bonchev–Trinajstić information content (AvgIpc) is 2.50. The maximum atomic E-state index is 14.3. The predicted octanol–water partition coefficient (Wildman–Crippen LogP) is 3.18. The first-order chi connectivity index (χ1) is 10.1. The van der Waals surface area contributed by atoms with Crippen molar-refractivity contribution in [2.45, 2.75) is 38.6 Å². The lowest BCUT2D eigenvalue weighted by molar-refractivity contribution is 0.297. The molecule has 5 heteroatoms. The van der Waals surface area contributed by atoms with Gasteiger partial charge in [0.05, 0.1) is 11.6 Å². The van der Waals surface area contributed by atoms with E-state index in [0.717, 1.165) is 37.8 Å². The molecule has 3 nitrogen and oxygen atoms in total. The van der Waals surface area contributed by atoms with Crippen LogP contribution in [0.15, 0.2) is 12.1 Å². The maximum absolute atomic E-state index is 14.3. The second-order valence-corrected chi connectivity index (χ2v) is 5.53. The molecule has 1 aromatic carbocycles. The van der Waals surface area contributed by atoms with E-state index >= 15 is 0 Å². The second-order valence-electron chi connectivity index (χ2n) is 5.53. The van der Waals surface area contributed by atoms with Crippen LogP contribution in [-0.4, -0.2) is 19.1 Å². The fourth-order valence-electron chi connectivity index (χ4n) is 3.34. The highest BCUT2D eigenvalue weighted by molar-refractivity contribution is 5.53. The third-order valence-corrected chi connectivity index (χ3v) is 4.35. The molecule has 21 heavy (non-hydrogen) atoms. The summed E-state index contributed by atoms with van der Waals surface area (Å²) in [4.78, 5) is 1.78. The molecule has 1 saturated carbocycles. The highest BCUT2D eigenvalue weighted by Gasteiger charge is 2.31. The van der Waals surface area contributed by atoms with Crippen LogP contribution in [0.4, 0.5) is 14.5 Å². The van der Waals surface area contributed by atoms with Crippen molar-refractivity contribution in [2.24, 2.45) is 11.7 Å². The fraction of sp³-hybridized carbons (Fsp3) is 0.562. The molecular weight excluding hydrogens is 272 g/mol. The number of benzene rings is 1. The quantitative estimate of drug-likeness (QED) is 0.927. The zero-order valence-corrected chi connectivity index (χ0v) is 12.3. The summed E-state index contributed by atoms with van der Waals surface area (Å²) < 4.78 is 28.5. The normalized spacial score (nSPS) is 21.9. The Morgan fingerprint density at radius 3 is 2.43 bits per heavy atom. The SMILES string of the molecule is CCN(c1c(F)cc(C#N)cc1F)C1CCCCC1CN. The summed E-state index contributed by atoms with van der Waals surface area (Å²) in [7, 11) is 0. The van der Waals surface area contributed by atoms with E-state index in [9.17, 15) is 8.78 Å². The van der Waals surface area contributed by atoms with Gasteiger partial charge in [0.1, 0.15) is 5.69 Å². The Labute approximate surface area is 124 Å². The Bertz CT molecular complexity index is 516. The Morgan fingerprint density at radius 2 is 1.90 bits per heavy atom. The number of hydrogen-bond acceptors (Lipinski definition) is 3. The van der Waals surface area contributed by atoms with Gasteiger partial charge in [-0.15, -0.1) is 0 Å². The van der Waals surface area contributed by atoms with Gasteiger partial charge in [-0.3, -0.25) is 0 Å². The number of nitrogens with two attached hydrogens (primary N) is 1. The lowest BCUT2D eigenvalue weighted by Crippen LogP contribution is -2.46. The molecule has 0 radical (unpaired) electrons. The van der Waals surface area contributed by atoms with E-state index in [-0.39, 0.29) is 23.2 Å². The molecule has 2 rings (SSSR count). The first-order valence-electron chi connectivity index (χ1n) is 7.48. The van der Waals surface area contributed by atoms with Crippen LogP contribution in [0.5, 0.6) is 0 Å². The van der Waals surface area contributed by atoms with Gasteiger partial charge in [-0.1, -0.05) is 12.8 Å². The van der Waals surface area contributed by atoms with Crippen LogP contribution in [-0.2, 0) is 0 Å². The average molecular weight is 293 g/mol. The maximum Gasteiger partial charge on any atom is 0.150 e. The van der Waals surface area contributed by atoms with Crippen molar-refractivity contribution in [2.75, 3.05) is 18.0 Å². The van der Waals surface area contributed by atoms with Crippen molar-refractivity contribution in [1.82, 2.24) is 0 Å². The van der Waals surface area contributed by atoms with Crippen LogP contribution in [0, 0.1) is 28.9 Å². The molecular formula is C16H21F2N3. The van der Waals surface area contributed by atoms with E-state index < -0.39 is 11.6 Å². The van der Waals surface area contributed by atoms with E-state index in [4.69, 9.17) is 11.0 Å². The molecule has 0 spiro atoms. The summed E-state index contributed by atoms with van der Waals surface area (Å²) in [6.45, 7) is 2.93. The van der Waals surface area contributed by atoms with Gasteiger partial charge in [0, 0.05) is 12.6 Å². The van der Waals surface area contributed by atoms with Crippen molar-refractivity contribution in [3.8, 4) is 6.07 Å².